The number of nitrogen functional groups attached to an aromatic ring is 1. The Morgan fingerprint density at radius 2 is 1.58 bits per heavy atom. The van der Waals surface area contributed by atoms with Gasteiger partial charge in [-0.25, -0.2) is 0 Å². The molecule has 0 aliphatic carbocycles. The Balaban J connectivity index is 2.09. The number of halogens is 1. The number of rotatable bonds is 2. The van der Waals surface area contributed by atoms with Crippen LogP contribution in [0.3, 0.4) is 0 Å². The van der Waals surface area contributed by atoms with Crippen LogP contribution in [0, 0.1) is 0 Å². The molecule has 3 aromatic carbocycles. The van der Waals surface area contributed by atoms with Gasteiger partial charge in [-0.1, -0.05) is 46.3 Å². The predicted molar refractivity (Wildman–Crippen MR) is 85.8 cm³/mol. The second-order valence-corrected chi connectivity index (χ2v) is 5.30. The summed E-state index contributed by atoms with van der Waals surface area (Å²) >= 11 is 3.43. The van der Waals surface area contributed by atoms with Gasteiger partial charge in [-0.3, -0.25) is 0 Å². The summed E-state index contributed by atoms with van der Waals surface area (Å²) < 4.78 is 1.06. The zero-order chi connectivity index (χ0) is 13.2. The third-order valence-corrected chi connectivity index (χ3v) is 3.60. The Bertz CT molecular complexity index is 720. The molecule has 0 saturated heterocycles. The van der Waals surface area contributed by atoms with Gasteiger partial charge in [0.1, 0.15) is 0 Å². The highest BCUT2D eigenvalue weighted by atomic mass is 79.9. The SMILES string of the molecule is Nc1ccc2ccccc2c1Nc1ccc(Br)cc1. The molecule has 0 spiro atoms. The molecular formula is C16H13BrN2. The molecular weight excluding hydrogens is 300 g/mol. The molecule has 0 fully saturated rings. The van der Waals surface area contributed by atoms with Crippen LogP contribution in [0.25, 0.3) is 10.8 Å². The van der Waals surface area contributed by atoms with Gasteiger partial charge in [0.05, 0.1) is 11.4 Å². The van der Waals surface area contributed by atoms with Gasteiger partial charge in [0.25, 0.3) is 0 Å². The van der Waals surface area contributed by atoms with Gasteiger partial charge in [-0.2, -0.15) is 0 Å². The fourth-order valence-corrected chi connectivity index (χ4v) is 2.37. The number of anilines is 3. The lowest BCUT2D eigenvalue weighted by Gasteiger charge is -2.12. The molecule has 0 radical (unpaired) electrons. The molecule has 0 atom stereocenters. The summed E-state index contributed by atoms with van der Waals surface area (Å²) in [6, 6.07) is 20.2. The van der Waals surface area contributed by atoms with Gasteiger partial charge < -0.3 is 11.1 Å². The van der Waals surface area contributed by atoms with E-state index in [9.17, 15) is 0 Å². The van der Waals surface area contributed by atoms with Crippen LogP contribution in [0.15, 0.2) is 65.1 Å². The minimum atomic E-state index is 0.751. The Morgan fingerprint density at radius 3 is 2.37 bits per heavy atom. The predicted octanol–water partition coefficient (Wildman–Crippen LogP) is 4.93. The highest BCUT2D eigenvalue weighted by Gasteiger charge is 2.05. The molecule has 3 rings (SSSR count). The molecule has 0 aromatic heterocycles. The summed E-state index contributed by atoms with van der Waals surface area (Å²) in [5.74, 6) is 0. The third-order valence-electron chi connectivity index (χ3n) is 3.07. The number of hydrogen-bond acceptors (Lipinski definition) is 2. The maximum atomic E-state index is 6.09. The van der Waals surface area contributed by atoms with Gasteiger partial charge >= 0.3 is 0 Å². The number of fused-ring (bicyclic) bond motifs is 1. The van der Waals surface area contributed by atoms with E-state index >= 15 is 0 Å². The summed E-state index contributed by atoms with van der Waals surface area (Å²) in [6.45, 7) is 0. The first kappa shape index (κ1) is 12.1. The largest absolute Gasteiger partial charge is 0.397 e. The molecule has 3 heteroatoms. The molecule has 0 bridgehead atoms. The Morgan fingerprint density at radius 1 is 0.842 bits per heavy atom. The fraction of sp³-hybridized carbons (Fsp3) is 0. The molecule has 0 aliphatic heterocycles. The van der Waals surface area contributed by atoms with Crippen molar-refractivity contribution in [3.8, 4) is 0 Å². The average molecular weight is 313 g/mol. The molecule has 0 aliphatic rings. The van der Waals surface area contributed by atoms with E-state index in [1.54, 1.807) is 0 Å². The molecule has 3 aromatic rings. The summed E-state index contributed by atoms with van der Waals surface area (Å²) in [5.41, 5.74) is 8.82. The van der Waals surface area contributed by atoms with E-state index in [0.717, 1.165) is 26.9 Å². The van der Waals surface area contributed by atoms with Gasteiger partial charge in [0, 0.05) is 15.5 Å². The van der Waals surface area contributed by atoms with Crippen molar-refractivity contribution in [2.75, 3.05) is 11.1 Å². The number of nitrogens with two attached hydrogens (primary N) is 1. The van der Waals surface area contributed by atoms with Crippen molar-refractivity contribution in [2.24, 2.45) is 0 Å². The van der Waals surface area contributed by atoms with Crippen LogP contribution in [-0.4, -0.2) is 0 Å². The van der Waals surface area contributed by atoms with Crippen molar-refractivity contribution in [3.05, 3.63) is 65.1 Å². The van der Waals surface area contributed by atoms with Crippen LogP contribution in [0.5, 0.6) is 0 Å². The van der Waals surface area contributed by atoms with E-state index in [1.807, 2.05) is 48.5 Å². The molecule has 0 saturated carbocycles. The van der Waals surface area contributed by atoms with Crippen molar-refractivity contribution in [1.29, 1.82) is 0 Å². The van der Waals surface area contributed by atoms with Crippen LogP contribution in [0.2, 0.25) is 0 Å². The maximum absolute atomic E-state index is 6.09. The molecule has 3 N–H and O–H groups in total. The number of hydrogen-bond donors (Lipinski definition) is 2. The number of benzene rings is 3. The van der Waals surface area contributed by atoms with Crippen molar-refractivity contribution in [3.63, 3.8) is 0 Å². The molecule has 19 heavy (non-hydrogen) atoms. The van der Waals surface area contributed by atoms with Crippen molar-refractivity contribution < 1.29 is 0 Å². The zero-order valence-electron chi connectivity index (χ0n) is 10.2. The minimum Gasteiger partial charge on any atom is -0.397 e. The lowest BCUT2D eigenvalue weighted by Crippen LogP contribution is -1.97. The summed E-state index contributed by atoms with van der Waals surface area (Å²) in [7, 11) is 0. The van der Waals surface area contributed by atoms with Crippen LogP contribution in [0.4, 0.5) is 17.1 Å². The fourth-order valence-electron chi connectivity index (χ4n) is 2.11. The zero-order valence-corrected chi connectivity index (χ0v) is 11.8. The lowest BCUT2D eigenvalue weighted by atomic mass is 10.1. The Kier molecular flexibility index (Phi) is 3.13. The molecule has 94 valence electrons. The van der Waals surface area contributed by atoms with Gasteiger partial charge in [-0.05, 0) is 35.7 Å². The lowest BCUT2D eigenvalue weighted by molar-refractivity contribution is 1.55. The van der Waals surface area contributed by atoms with Crippen LogP contribution in [0.1, 0.15) is 0 Å². The Hall–Kier alpha value is -2.00. The van der Waals surface area contributed by atoms with Crippen LogP contribution in [-0.2, 0) is 0 Å². The monoisotopic (exact) mass is 312 g/mol. The minimum absolute atomic E-state index is 0.751. The van der Waals surface area contributed by atoms with Crippen molar-refractivity contribution >= 4 is 43.8 Å². The van der Waals surface area contributed by atoms with E-state index in [-0.39, 0.29) is 0 Å². The standard InChI is InChI=1S/C16H13BrN2/c17-12-6-8-13(9-7-12)19-16-14-4-2-1-3-11(14)5-10-15(16)18/h1-10,19H,18H2. The van der Waals surface area contributed by atoms with Crippen LogP contribution < -0.4 is 11.1 Å². The smallest absolute Gasteiger partial charge is 0.0697 e. The molecule has 0 heterocycles. The molecule has 2 nitrogen and oxygen atoms in total. The second-order valence-electron chi connectivity index (χ2n) is 4.38. The Labute approximate surface area is 120 Å². The van der Waals surface area contributed by atoms with E-state index < -0.39 is 0 Å². The number of nitrogens with one attached hydrogen (secondary N) is 1. The normalized spacial score (nSPS) is 10.6. The second kappa shape index (κ2) is 4.94. The van der Waals surface area contributed by atoms with E-state index in [1.165, 1.54) is 5.39 Å². The van der Waals surface area contributed by atoms with E-state index in [2.05, 4.69) is 33.4 Å². The summed E-state index contributed by atoms with van der Waals surface area (Å²) in [4.78, 5) is 0. The maximum Gasteiger partial charge on any atom is 0.0697 e. The van der Waals surface area contributed by atoms with Gasteiger partial charge in [-0.15, -0.1) is 0 Å². The highest BCUT2D eigenvalue weighted by Crippen LogP contribution is 2.32. The summed E-state index contributed by atoms with van der Waals surface area (Å²) in [6.07, 6.45) is 0. The first-order valence-corrected chi connectivity index (χ1v) is 6.83. The van der Waals surface area contributed by atoms with Gasteiger partial charge in [0.15, 0.2) is 0 Å². The molecule has 0 amide bonds. The first-order chi connectivity index (χ1) is 9.24. The van der Waals surface area contributed by atoms with Crippen LogP contribution >= 0.6 is 15.9 Å². The molecule has 0 unspecified atom stereocenters. The first-order valence-electron chi connectivity index (χ1n) is 6.04. The van der Waals surface area contributed by atoms with E-state index in [0.29, 0.717) is 0 Å². The van der Waals surface area contributed by atoms with Crippen molar-refractivity contribution in [1.82, 2.24) is 0 Å². The third kappa shape index (κ3) is 2.42. The topological polar surface area (TPSA) is 38.0 Å². The van der Waals surface area contributed by atoms with E-state index in [4.69, 9.17) is 5.73 Å². The quantitative estimate of drug-likeness (QED) is 0.658. The average Bonchev–Trinajstić information content (AvgIpc) is 2.44. The van der Waals surface area contributed by atoms with Crippen molar-refractivity contribution in [2.45, 2.75) is 0 Å². The highest BCUT2D eigenvalue weighted by molar-refractivity contribution is 9.10. The van der Waals surface area contributed by atoms with Gasteiger partial charge in [0.2, 0.25) is 0 Å². The summed E-state index contributed by atoms with van der Waals surface area (Å²) in [5, 5.41) is 5.70.